The van der Waals surface area contributed by atoms with Crippen LogP contribution in [0.2, 0.25) is 5.02 Å². The number of fused-ring (bicyclic) bond motifs is 1. The predicted molar refractivity (Wildman–Crippen MR) is 150 cm³/mol. The summed E-state index contributed by atoms with van der Waals surface area (Å²) in [5, 5.41) is 31.9. The molecule has 0 atom stereocenters. The number of halogens is 4. The van der Waals surface area contributed by atoms with Crippen molar-refractivity contribution in [3.05, 3.63) is 92.3 Å². The first-order valence-electron chi connectivity index (χ1n) is 12.8. The minimum Gasteiger partial charge on any atom is -0.492 e. The lowest BCUT2D eigenvalue weighted by molar-refractivity contribution is -0.138. The van der Waals surface area contributed by atoms with Crippen LogP contribution in [-0.4, -0.2) is 49.7 Å². The molecule has 0 spiro atoms. The first-order chi connectivity index (χ1) is 19.6. The van der Waals surface area contributed by atoms with Crippen LogP contribution in [0.5, 0.6) is 5.88 Å². The summed E-state index contributed by atoms with van der Waals surface area (Å²) in [6.45, 7) is 1.42. The summed E-state index contributed by atoms with van der Waals surface area (Å²) in [6.07, 6.45) is 2.92. The lowest BCUT2D eigenvalue weighted by atomic mass is 9.91. The van der Waals surface area contributed by atoms with Crippen molar-refractivity contribution in [2.75, 3.05) is 18.0 Å². The Bertz CT molecular complexity index is 1750. The van der Waals surface area contributed by atoms with Gasteiger partial charge in [-0.3, -0.25) is 0 Å². The topological polar surface area (TPSA) is 99.1 Å². The van der Waals surface area contributed by atoms with E-state index in [1.165, 1.54) is 23.5 Å². The van der Waals surface area contributed by atoms with E-state index in [1.54, 1.807) is 43.1 Å². The Morgan fingerprint density at radius 3 is 2.66 bits per heavy atom. The number of rotatable bonds is 6. The van der Waals surface area contributed by atoms with Crippen LogP contribution in [0.4, 0.5) is 18.3 Å². The Labute approximate surface area is 241 Å². The highest BCUT2D eigenvalue weighted by molar-refractivity contribution is 7.17. The highest BCUT2D eigenvalue weighted by Gasteiger charge is 2.36. The molecule has 41 heavy (non-hydrogen) atoms. The van der Waals surface area contributed by atoms with Crippen LogP contribution >= 0.6 is 22.9 Å². The number of thiazole rings is 1. The molecule has 4 aromatic rings. The Kier molecular flexibility index (Phi) is 7.08. The molecule has 0 bridgehead atoms. The molecule has 0 amide bonds. The maximum Gasteiger partial charge on any atom is 0.416 e. The molecule has 2 aliphatic rings. The number of aromatic nitrogens is 3. The van der Waals surface area contributed by atoms with Crippen molar-refractivity contribution in [3.8, 4) is 5.88 Å². The van der Waals surface area contributed by atoms with E-state index < -0.39 is 17.3 Å². The van der Waals surface area contributed by atoms with E-state index in [0.717, 1.165) is 11.6 Å². The van der Waals surface area contributed by atoms with Gasteiger partial charge in [-0.05, 0) is 53.5 Å². The number of benzene rings is 2. The lowest BCUT2D eigenvalue weighted by Gasteiger charge is -2.38. The average molecular weight is 601 g/mol. The summed E-state index contributed by atoms with van der Waals surface area (Å²) >= 11 is 7.13. The first kappa shape index (κ1) is 27.4. The average Bonchev–Trinajstić information content (AvgIpc) is 3.69. The zero-order valence-corrected chi connectivity index (χ0v) is 23.1. The Morgan fingerprint density at radius 2 is 1.93 bits per heavy atom. The van der Waals surface area contributed by atoms with Crippen molar-refractivity contribution >= 4 is 39.9 Å². The zero-order valence-electron chi connectivity index (χ0n) is 21.5. The van der Waals surface area contributed by atoms with Gasteiger partial charge in [0.25, 0.3) is 0 Å². The van der Waals surface area contributed by atoms with Gasteiger partial charge in [0.05, 0.1) is 40.5 Å². The van der Waals surface area contributed by atoms with Gasteiger partial charge in [0, 0.05) is 42.5 Å². The van der Waals surface area contributed by atoms with Gasteiger partial charge in [-0.15, -0.1) is 0 Å². The number of alkyl halides is 3. The van der Waals surface area contributed by atoms with Crippen molar-refractivity contribution < 1.29 is 23.4 Å². The molecular weight excluding hydrogens is 577 g/mol. The smallest absolute Gasteiger partial charge is 0.416 e. The Hall–Kier alpha value is -3.74. The number of hydrogen-bond acceptors (Lipinski definition) is 8. The van der Waals surface area contributed by atoms with E-state index in [0.29, 0.717) is 58.6 Å². The SMILES string of the molecule is Oc1nc(N2CCC(O)(Cn3ccnc3)CC2)sc1C(Cc1ccc(Cl)cc1C(F)(F)F)=c1ccc2c(c1)C=NN=2. The summed E-state index contributed by atoms with van der Waals surface area (Å²) in [4.78, 5) is 10.8. The first-order valence-corrected chi connectivity index (χ1v) is 14.0. The molecule has 2 aromatic heterocycles. The van der Waals surface area contributed by atoms with Gasteiger partial charge in [-0.2, -0.15) is 28.4 Å². The van der Waals surface area contributed by atoms with Gasteiger partial charge in [0.15, 0.2) is 5.13 Å². The maximum absolute atomic E-state index is 14.0. The third-order valence-corrected chi connectivity index (χ3v) is 8.76. The summed E-state index contributed by atoms with van der Waals surface area (Å²) in [5.41, 5.74) is -0.512. The summed E-state index contributed by atoms with van der Waals surface area (Å²) in [5.74, 6) is -0.263. The van der Waals surface area contributed by atoms with Gasteiger partial charge in [-0.1, -0.05) is 35.1 Å². The number of imidazole rings is 1. The van der Waals surface area contributed by atoms with Crippen LogP contribution in [0.1, 0.15) is 34.4 Å². The van der Waals surface area contributed by atoms with Crippen LogP contribution in [0.25, 0.3) is 5.57 Å². The molecule has 4 heterocycles. The molecule has 1 saturated heterocycles. The molecule has 0 radical (unpaired) electrons. The van der Waals surface area contributed by atoms with Crippen molar-refractivity contribution in [3.63, 3.8) is 0 Å². The Morgan fingerprint density at radius 1 is 1.12 bits per heavy atom. The summed E-state index contributed by atoms with van der Waals surface area (Å²) < 4.78 is 43.8. The van der Waals surface area contributed by atoms with Crippen molar-refractivity contribution in [2.45, 2.75) is 37.6 Å². The molecular formula is C28H24ClF3N6O2S. The molecule has 0 saturated carbocycles. The fourth-order valence-corrected chi connectivity index (χ4v) is 6.43. The van der Waals surface area contributed by atoms with Gasteiger partial charge in [0.1, 0.15) is 0 Å². The van der Waals surface area contributed by atoms with Gasteiger partial charge >= 0.3 is 6.18 Å². The van der Waals surface area contributed by atoms with Crippen LogP contribution in [-0.2, 0) is 19.1 Å². The van der Waals surface area contributed by atoms with Crippen LogP contribution < -0.4 is 15.5 Å². The highest BCUT2D eigenvalue weighted by atomic mass is 35.5. The monoisotopic (exact) mass is 600 g/mol. The third-order valence-electron chi connectivity index (χ3n) is 7.36. The van der Waals surface area contributed by atoms with E-state index in [4.69, 9.17) is 11.6 Å². The second-order valence-electron chi connectivity index (χ2n) is 10.2. The van der Waals surface area contributed by atoms with E-state index >= 15 is 0 Å². The van der Waals surface area contributed by atoms with Crippen molar-refractivity contribution in [1.82, 2.24) is 14.5 Å². The molecule has 13 heteroatoms. The molecule has 2 aromatic carbocycles. The number of hydrogen-bond donors (Lipinski definition) is 2. The number of anilines is 1. The second-order valence-corrected chi connectivity index (χ2v) is 11.6. The highest BCUT2D eigenvalue weighted by Crippen LogP contribution is 2.40. The summed E-state index contributed by atoms with van der Waals surface area (Å²) in [7, 11) is 0. The number of nitrogens with zero attached hydrogens (tertiary/aromatic N) is 6. The van der Waals surface area contributed by atoms with Gasteiger partial charge in [-0.25, -0.2) is 4.98 Å². The molecule has 0 aliphatic carbocycles. The van der Waals surface area contributed by atoms with E-state index in [1.807, 2.05) is 9.47 Å². The molecule has 1 fully saturated rings. The van der Waals surface area contributed by atoms with E-state index in [9.17, 15) is 23.4 Å². The molecule has 2 aliphatic heterocycles. The fourth-order valence-electron chi connectivity index (χ4n) is 5.19. The van der Waals surface area contributed by atoms with Gasteiger partial charge in [0.2, 0.25) is 5.88 Å². The van der Waals surface area contributed by atoms with E-state index in [-0.39, 0.29) is 22.9 Å². The predicted octanol–water partition coefficient (Wildman–Crippen LogP) is 4.16. The quantitative estimate of drug-likeness (QED) is 0.346. The summed E-state index contributed by atoms with van der Waals surface area (Å²) in [6, 6.07) is 9.00. The largest absolute Gasteiger partial charge is 0.492 e. The Balaban J connectivity index is 1.36. The number of aromatic hydroxyl groups is 1. The molecule has 8 nitrogen and oxygen atoms in total. The minimum atomic E-state index is -4.61. The molecule has 2 N–H and O–H groups in total. The standard InChI is InChI=1S/C28H24ClF3N6O2S/c29-20-3-1-18(22(13-20)28(30,31)32)12-21(17-2-4-23-19(11-17)14-34-36-23)24-25(39)35-26(41-24)38-8-5-27(40,6-9-38)15-37-10-7-33-16-37/h1-4,7,10-11,13-14,16,39-40H,5-6,8-9,12,15H2. The van der Waals surface area contributed by atoms with Crippen LogP contribution in [0.15, 0.2) is 65.3 Å². The maximum atomic E-state index is 14.0. The van der Waals surface area contributed by atoms with Crippen LogP contribution in [0.3, 0.4) is 0 Å². The number of piperidine rings is 1. The van der Waals surface area contributed by atoms with Gasteiger partial charge < -0.3 is 19.7 Å². The fraction of sp³-hybridized carbons (Fsp3) is 0.286. The molecule has 6 rings (SSSR count). The third kappa shape index (κ3) is 5.72. The molecule has 212 valence electrons. The van der Waals surface area contributed by atoms with Crippen molar-refractivity contribution in [1.29, 1.82) is 0 Å². The lowest BCUT2D eigenvalue weighted by Crippen LogP contribution is -2.46. The second kappa shape index (κ2) is 10.6. The van der Waals surface area contributed by atoms with Crippen molar-refractivity contribution in [2.24, 2.45) is 10.2 Å². The normalized spacial score (nSPS) is 17.0. The zero-order chi connectivity index (χ0) is 28.8. The number of aliphatic hydroxyl groups is 1. The van der Waals surface area contributed by atoms with Crippen LogP contribution in [0, 0.1) is 0 Å². The van der Waals surface area contributed by atoms with E-state index in [2.05, 4.69) is 20.2 Å². The minimum absolute atomic E-state index is 0.0148. The molecule has 0 unspecified atom stereocenters.